The van der Waals surface area contributed by atoms with Crippen molar-refractivity contribution in [2.45, 2.75) is 32.7 Å². The van der Waals surface area contributed by atoms with Crippen molar-refractivity contribution in [1.82, 2.24) is 0 Å². The third kappa shape index (κ3) is 3.43. The van der Waals surface area contributed by atoms with Gasteiger partial charge in [0.2, 0.25) is 0 Å². The van der Waals surface area contributed by atoms with Crippen LogP contribution in [0.3, 0.4) is 0 Å². The van der Waals surface area contributed by atoms with Crippen LogP contribution in [0, 0.1) is 13.8 Å². The Hall–Kier alpha value is -0.830. The highest BCUT2D eigenvalue weighted by atomic mass is 79.9. The smallest absolute Gasteiger partial charge is 0.0450 e. The third-order valence-electron chi connectivity index (χ3n) is 3.58. The van der Waals surface area contributed by atoms with Crippen LogP contribution in [0.15, 0.2) is 40.9 Å². The summed E-state index contributed by atoms with van der Waals surface area (Å²) in [5, 5.41) is 0.751. The molecule has 1 nitrogen and oxygen atoms in total. The molecule has 0 fully saturated rings. The normalized spacial score (nSPS) is 14.1. The van der Waals surface area contributed by atoms with Crippen molar-refractivity contribution in [3.05, 3.63) is 68.1 Å². The zero-order valence-electron chi connectivity index (χ0n) is 12.0. The summed E-state index contributed by atoms with van der Waals surface area (Å²) in [4.78, 5) is 0. The van der Waals surface area contributed by atoms with Gasteiger partial charge in [-0.1, -0.05) is 57.4 Å². The quantitative estimate of drug-likeness (QED) is 0.813. The van der Waals surface area contributed by atoms with Gasteiger partial charge >= 0.3 is 0 Å². The summed E-state index contributed by atoms with van der Waals surface area (Å²) in [7, 11) is 0. The Morgan fingerprint density at radius 3 is 2.50 bits per heavy atom. The average Bonchev–Trinajstić information content (AvgIpc) is 2.35. The lowest BCUT2D eigenvalue weighted by molar-refractivity contribution is 0.488. The summed E-state index contributed by atoms with van der Waals surface area (Å²) in [6.45, 7) is 6.25. The Bertz CT molecular complexity index is 635. The van der Waals surface area contributed by atoms with Gasteiger partial charge in [-0.05, 0) is 56.0 Å². The lowest BCUT2D eigenvalue weighted by Gasteiger charge is -2.28. The van der Waals surface area contributed by atoms with Crippen molar-refractivity contribution in [1.29, 1.82) is 0 Å². The molecule has 0 aliphatic rings. The molecule has 0 aliphatic carbocycles. The van der Waals surface area contributed by atoms with E-state index in [1.165, 1.54) is 16.7 Å². The molecule has 2 N–H and O–H groups in total. The Labute approximate surface area is 134 Å². The molecule has 2 rings (SSSR count). The zero-order chi connectivity index (χ0) is 14.9. The molecule has 0 saturated heterocycles. The van der Waals surface area contributed by atoms with E-state index in [0.29, 0.717) is 6.42 Å². The summed E-state index contributed by atoms with van der Waals surface area (Å²) in [5.41, 5.74) is 10.8. The molecule has 0 saturated carbocycles. The molecule has 0 aliphatic heterocycles. The Morgan fingerprint density at radius 2 is 1.85 bits per heavy atom. The van der Waals surface area contributed by atoms with Gasteiger partial charge in [0.05, 0.1) is 0 Å². The zero-order valence-corrected chi connectivity index (χ0v) is 14.3. The van der Waals surface area contributed by atoms with Crippen LogP contribution in [0.4, 0.5) is 0 Å². The summed E-state index contributed by atoms with van der Waals surface area (Å²) in [6.07, 6.45) is 0.712. The maximum absolute atomic E-state index is 6.58. The van der Waals surface area contributed by atoms with Crippen molar-refractivity contribution in [2.24, 2.45) is 5.73 Å². The number of aryl methyl sites for hydroxylation is 2. The van der Waals surface area contributed by atoms with E-state index in [2.05, 4.69) is 54.9 Å². The molecule has 3 heteroatoms. The van der Waals surface area contributed by atoms with Crippen molar-refractivity contribution in [3.8, 4) is 0 Å². The number of benzene rings is 2. The summed E-state index contributed by atoms with van der Waals surface area (Å²) >= 11 is 9.73. The van der Waals surface area contributed by atoms with Crippen molar-refractivity contribution >= 4 is 27.5 Å². The predicted molar refractivity (Wildman–Crippen MR) is 90.3 cm³/mol. The SMILES string of the molecule is Cc1ccc(C)c(C(C)(N)Cc2ccc(Br)cc2Cl)c1. The second kappa shape index (κ2) is 5.88. The monoisotopic (exact) mass is 351 g/mol. The third-order valence-corrected chi connectivity index (χ3v) is 4.43. The number of nitrogens with two attached hydrogens (primary N) is 1. The highest BCUT2D eigenvalue weighted by molar-refractivity contribution is 9.10. The molecule has 0 heterocycles. The molecule has 0 bridgehead atoms. The van der Waals surface area contributed by atoms with Gasteiger partial charge in [-0.2, -0.15) is 0 Å². The van der Waals surface area contributed by atoms with Crippen LogP contribution in [-0.2, 0) is 12.0 Å². The topological polar surface area (TPSA) is 26.0 Å². The molecular weight excluding hydrogens is 334 g/mol. The average molecular weight is 353 g/mol. The molecule has 0 spiro atoms. The second-order valence-corrected chi connectivity index (χ2v) is 6.97. The first-order valence-corrected chi connectivity index (χ1v) is 7.77. The maximum atomic E-state index is 6.58. The van der Waals surface area contributed by atoms with E-state index in [1.54, 1.807) is 0 Å². The summed E-state index contributed by atoms with van der Waals surface area (Å²) < 4.78 is 0.983. The first-order valence-electron chi connectivity index (χ1n) is 6.60. The summed E-state index contributed by atoms with van der Waals surface area (Å²) in [6, 6.07) is 12.3. The van der Waals surface area contributed by atoms with Crippen LogP contribution in [-0.4, -0.2) is 0 Å². The highest BCUT2D eigenvalue weighted by Gasteiger charge is 2.24. The number of rotatable bonds is 3. The van der Waals surface area contributed by atoms with Crippen LogP contribution in [0.2, 0.25) is 5.02 Å². The molecule has 1 atom stereocenters. The van der Waals surface area contributed by atoms with Crippen LogP contribution >= 0.6 is 27.5 Å². The second-order valence-electron chi connectivity index (χ2n) is 5.65. The van der Waals surface area contributed by atoms with Gasteiger partial charge in [-0.15, -0.1) is 0 Å². The molecule has 2 aromatic carbocycles. The van der Waals surface area contributed by atoms with Crippen molar-refractivity contribution < 1.29 is 0 Å². The van der Waals surface area contributed by atoms with E-state index < -0.39 is 5.54 Å². The lowest BCUT2D eigenvalue weighted by atomic mass is 9.83. The fourth-order valence-electron chi connectivity index (χ4n) is 2.51. The number of hydrogen-bond donors (Lipinski definition) is 1. The minimum absolute atomic E-state index is 0.437. The van der Waals surface area contributed by atoms with Crippen LogP contribution in [0.25, 0.3) is 0 Å². The van der Waals surface area contributed by atoms with Crippen molar-refractivity contribution in [3.63, 3.8) is 0 Å². The molecule has 0 amide bonds. The summed E-state index contributed by atoms with van der Waals surface area (Å²) in [5.74, 6) is 0. The van der Waals surface area contributed by atoms with Gasteiger partial charge in [0, 0.05) is 15.0 Å². The Balaban J connectivity index is 2.37. The van der Waals surface area contributed by atoms with E-state index >= 15 is 0 Å². The predicted octanol–water partition coefficient (Wildman–Crippen LogP) is 5.14. The number of halogens is 2. The van der Waals surface area contributed by atoms with E-state index in [0.717, 1.165) is 15.1 Å². The minimum atomic E-state index is -0.437. The lowest BCUT2D eigenvalue weighted by Crippen LogP contribution is -2.36. The molecular formula is C17H19BrClN. The largest absolute Gasteiger partial charge is 0.321 e. The van der Waals surface area contributed by atoms with Gasteiger partial charge < -0.3 is 5.73 Å². The fourth-order valence-corrected chi connectivity index (χ4v) is 3.25. The molecule has 106 valence electrons. The molecule has 20 heavy (non-hydrogen) atoms. The first-order chi connectivity index (χ1) is 9.29. The van der Waals surface area contributed by atoms with Gasteiger partial charge in [0.25, 0.3) is 0 Å². The molecule has 0 radical (unpaired) electrons. The number of hydrogen-bond acceptors (Lipinski definition) is 1. The fraction of sp³-hybridized carbons (Fsp3) is 0.294. The van der Waals surface area contributed by atoms with Crippen LogP contribution in [0.5, 0.6) is 0 Å². The standard InChI is InChI=1S/C17H19BrClN/c1-11-4-5-12(2)15(8-11)17(3,20)10-13-6-7-14(18)9-16(13)19/h4-9H,10,20H2,1-3H3. The van der Waals surface area contributed by atoms with Crippen molar-refractivity contribution in [2.75, 3.05) is 0 Å². The van der Waals surface area contributed by atoms with Crippen LogP contribution < -0.4 is 5.73 Å². The van der Waals surface area contributed by atoms with E-state index in [-0.39, 0.29) is 0 Å². The van der Waals surface area contributed by atoms with Gasteiger partial charge in [-0.25, -0.2) is 0 Å². The van der Waals surface area contributed by atoms with E-state index in [1.807, 2.05) is 18.2 Å². The van der Waals surface area contributed by atoms with Gasteiger partial charge in [0.1, 0.15) is 0 Å². The Kier molecular flexibility index (Phi) is 4.58. The van der Waals surface area contributed by atoms with E-state index in [4.69, 9.17) is 17.3 Å². The van der Waals surface area contributed by atoms with Gasteiger partial charge in [0.15, 0.2) is 0 Å². The molecule has 1 unspecified atom stereocenters. The minimum Gasteiger partial charge on any atom is -0.321 e. The Morgan fingerprint density at radius 1 is 1.15 bits per heavy atom. The maximum Gasteiger partial charge on any atom is 0.0450 e. The van der Waals surface area contributed by atoms with E-state index in [9.17, 15) is 0 Å². The molecule has 2 aromatic rings. The first kappa shape index (κ1) is 15.6. The van der Waals surface area contributed by atoms with Gasteiger partial charge in [-0.3, -0.25) is 0 Å². The molecule has 0 aromatic heterocycles. The highest BCUT2D eigenvalue weighted by Crippen LogP contribution is 2.30. The van der Waals surface area contributed by atoms with Crippen LogP contribution in [0.1, 0.15) is 29.2 Å².